The SMILES string of the molecule is C[Se](=O)(=O)O. The Labute approximate surface area is 31.6 Å². The summed E-state index contributed by atoms with van der Waals surface area (Å²) in [5.41, 5.74) is 0. The molecule has 0 amide bonds. The second-order valence-corrected chi connectivity index (χ2v) is 3.81. The van der Waals surface area contributed by atoms with Crippen LogP contribution in [0.2, 0.25) is 5.82 Å². The molecule has 0 fully saturated rings. The standard InChI is InChI=1S/CH4O3Se/c1-5(2,3)4/h1H3,(H,2,3,4). The quantitative estimate of drug-likeness (QED) is 0.461. The van der Waals surface area contributed by atoms with Gasteiger partial charge in [0.2, 0.25) is 0 Å². The normalized spacial score (nSPS) is 11.6. The third-order valence-electron chi connectivity index (χ3n) is 0. The molecule has 0 aromatic rings. The van der Waals surface area contributed by atoms with Gasteiger partial charge in [-0.25, -0.2) is 0 Å². The molecule has 0 aliphatic heterocycles. The van der Waals surface area contributed by atoms with E-state index in [1.807, 2.05) is 0 Å². The van der Waals surface area contributed by atoms with Crippen LogP contribution >= 0.6 is 0 Å². The van der Waals surface area contributed by atoms with Crippen LogP contribution in [0, 0.1) is 0 Å². The van der Waals surface area contributed by atoms with Crippen molar-refractivity contribution < 1.29 is 11.9 Å². The first-order valence-electron chi connectivity index (χ1n) is 0.924. The predicted molar refractivity (Wildman–Crippen MR) is 15.2 cm³/mol. The zero-order valence-corrected chi connectivity index (χ0v) is 4.39. The van der Waals surface area contributed by atoms with E-state index in [4.69, 9.17) is 4.19 Å². The van der Waals surface area contributed by atoms with Crippen LogP contribution in [0.5, 0.6) is 0 Å². The Morgan fingerprint density at radius 3 is 1.60 bits per heavy atom. The molecule has 0 aliphatic carbocycles. The van der Waals surface area contributed by atoms with Crippen molar-refractivity contribution in [3.8, 4) is 0 Å². The van der Waals surface area contributed by atoms with Gasteiger partial charge in [0.05, 0.1) is 0 Å². The monoisotopic (exact) mass is 144 g/mol. The molecule has 0 saturated heterocycles. The Morgan fingerprint density at radius 2 is 1.60 bits per heavy atom. The maximum atomic E-state index is 9.26. The summed E-state index contributed by atoms with van der Waals surface area (Å²) in [6.45, 7) is 0. The molecule has 32 valence electrons. The molecule has 5 heavy (non-hydrogen) atoms. The molecule has 0 unspecified atom stereocenters. The molecule has 0 saturated carbocycles. The van der Waals surface area contributed by atoms with Crippen molar-refractivity contribution in [2.75, 3.05) is 0 Å². The van der Waals surface area contributed by atoms with Crippen molar-refractivity contribution in [3.63, 3.8) is 0 Å². The Bertz CT molecular complexity index is 90.1. The second kappa shape index (κ2) is 1.05. The Balaban J connectivity index is 4.06. The van der Waals surface area contributed by atoms with Gasteiger partial charge in [0.15, 0.2) is 0 Å². The minimum absolute atomic E-state index is 0.788. The molecule has 0 bridgehead atoms. The fourth-order valence-electron chi connectivity index (χ4n) is 0. The van der Waals surface area contributed by atoms with Crippen LogP contribution in [0.3, 0.4) is 0 Å². The third kappa shape index (κ3) is 2790. The van der Waals surface area contributed by atoms with Gasteiger partial charge >= 0.3 is 30.7 Å². The molecule has 0 aliphatic rings. The first kappa shape index (κ1) is 5.08. The van der Waals surface area contributed by atoms with E-state index in [2.05, 4.69) is 0 Å². The van der Waals surface area contributed by atoms with E-state index in [0.717, 1.165) is 5.82 Å². The van der Waals surface area contributed by atoms with Gasteiger partial charge in [0, 0.05) is 0 Å². The maximum absolute atomic E-state index is 9.26. The van der Waals surface area contributed by atoms with Crippen LogP contribution in [0.15, 0.2) is 0 Å². The Morgan fingerprint density at radius 1 is 1.60 bits per heavy atom. The van der Waals surface area contributed by atoms with Crippen molar-refractivity contribution in [2.24, 2.45) is 0 Å². The number of rotatable bonds is 0. The summed E-state index contributed by atoms with van der Waals surface area (Å²) in [7, 11) is 0. The average molecular weight is 143 g/mol. The molecule has 3 nitrogen and oxygen atoms in total. The molecule has 0 rings (SSSR count). The summed E-state index contributed by atoms with van der Waals surface area (Å²) in [5, 5.41) is 0. The molecular weight excluding hydrogens is 139 g/mol. The summed E-state index contributed by atoms with van der Waals surface area (Å²) in [6, 6.07) is 0. The molecular formula is CH4O3Se. The van der Waals surface area contributed by atoms with Gasteiger partial charge in [-0.05, 0) is 0 Å². The van der Waals surface area contributed by atoms with Crippen LogP contribution in [-0.4, -0.2) is 17.2 Å². The number of hydrogen-bond acceptors (Lipinski definition) is 2. The molecule has 1 N–H and O–H groups in total. The molecule has 0 radical (unpaired) electrons. The van der Waals surface area contributed by atoms with Crippen LogP contribution in [0.1, 0.15) is 0 Å². The van der Waals surface area contributed by atoms with Gasteiger partial charge in [-0.15, -0.1) is 0 Å². The first-order valence-corrected chi connectivity index (χ1v) is 4.80. The van der Waals surface area contributed by atoms with E-state index in [1.54, 1.807) is 0 Å². The molecule has 0 atom stereocenters. The zero-order chi connectivity index (χ0) is 4.50. The van der Waals surface area contributed by atoms with Crippen LogP contribution in [-0.2, 0) is 7.67 Å². The van der Waals surface area contributed by atoms with E-state index in [0.29, 0.717) is 0 Å². The molecule has 0 spiro atoms. The molecule has 0 aromatic heterocycles. The Hall–Kier alpha value is 0.0795. The van der Waals surface area contributed by atoms with E-state index in [1.165, 1.54) is 0 Å². The van der Waals surface area contributed by atoms with Gasteiger partial charge in [-0.3, -0.25) is 0 Å². The topological polar surface area (TPSA) is 54.4 Å². The summed E-state index contributed by atoms with van der Waals surface area (Å²) < 4.78 is 26.1. The van der Waals surface area contributed by atoms with E-state index >= 15 is 0 Å². The van der Waals surface area contributed by atoms with Crippen LogP contribution in [0.25, 0.3) is 0 Å². The Kier molecular flexibility index (Phi) is 1.06. The van der Waals surface area contributed by atoms with Crippen molar-refractivity contribution in [1.82, 2.24) is 0 Å². The van der Waals surface area contributed by atoms with Gasteiger partial charge in [0.25, 0.3) is 0 Å². The first-order chi connectivity index (χ1) is 2.00. The van der Waals surface area contributed by atoms with Crippen LogP contribution in [0.4, 0.5) is 0 Å². The van der Waals surface area contributed by atoms with Gasteiger partial charge in [0.1, 0.15) is 0 Å². The molecule has 0 heterocycles. The van der Waals surface area contributed by atoms with E-state index in [9.17, 15) is 7.67 Å². The van der Waals surface area contributed by atoms with Crippen LogP contribution < -0.4 is 0 Å². The summed E-state index contributed by atoms with van der Waals surface area (Å²) in [4.78, 5) is 0. The third-order valence-corrected chi connectivity index (χ3v) is 0. The van der Waals surface area contributed by atoms with E-state index < -0.39 is 13.0 Å². The fraction of sp³-hybridized carbons (Fsp3) is 1.00. The molecule has 0 aromatic carbocycles. The summed E-state index contributed by atoms with van der Waals surface area (Å²) in [5.74, 6) is 0.788. The van der Waals surface area contributed by atoms with Crippen molar-refractivity contribution in [3.05, 3.63) is 0 Å². The van der Waals surface area contributed by atoms with Gasteiger partial charge < -0.3 is 0 Å². The fourth-order valence-corrected chi connectivity index (χ4v) is 0. The minimum atomic E-state index is -4.25. The van der Waals surface area contributed by atoms with Crippen molar-refractivity contribution >= 4 is 13.0 Å². The van der Waals surface area contributed by atoms with Gasteiger partial charge in [-0.1, -0.05) is 0 Å². The predicted octanol–water partition coefficient (Wildman–Crippen LogP) is -0.592. The summed E-state index contributed by atoms with van der Waals surface area (Å²) in [6.07, 6.45) is 0. The second-order valence-electron chi connectivity index (χ2n) is 0.733. The van der Waals surface area contributed by atoms with Crippen molar-refractivity contribution in [2.45, 2.75) is 5.82 Å². The molecule has 4 heteroatoms. The van der Waals surface area contributed by atoms with Crippen molar-refractivity contribution in [1.29, 1.82) is 0 Å². The van der Waals surface area contributed by atoms with Gasteiger partial charge in [-0.2, -0.15) is 0 Å². The average Bonchev–Trinajstić information content (AvgIpc) is 0.722. The number of hydrogen-bond donors (Lipinski definition) is 1. The van der Waals surface area contributed by atoms with E-state index in [-0.39, 0.29) is 0 Å². The summed E-state index contributed by atoms with van der Waals surface area (Å²) >= 11 is -4.25. The zero-order valence-electron chi connectivity index (χ0n) is 2.67.